The molecule has 2 rings (SSSR count). The fourth-order valence-electron chi connectivity index (χ4n) is 2.45. The molecule has 6 nitrogen and oxygen atoms in total. The van der Waals surface area contributed by atoms with Crippen molar-refractivity contribution in [3.05, 3.63) is 23.5 Å². The van der Waals surface area contributed by atoms with E-state index in [4.69, 9.17) is 21.1 Å². The molecule has 1 aromatic rings. The molecule has 7 heteroatoms. The molecular weight excluding hydrogens is 332 g/mol. The van der Waals surface area contributed by atoms with Gasteiger partial charge >= 0.3 is 12.1 Å². The zero-order valence-corrected chi connectivity index (χ0v) is 15.0. The minimum absolute atomic E-state index is 0.262. The predicted molar refractivity (Wildman–Crippen MR) is 90.0 cm³/mol. The number of likely N-dealkylation sites (tertiary alicyclic amines) is 1. The maximum Gasteiger partial charge on any atom is 0.417 e. The van der Waals surface area contributed by atoms with Gasteiger partial charge in [-0.3, -0.25) is 0 Å². The van der Waals surface area contributed by atoms with Crippen LogP contribution in [0.15, 0.2) is 18.3 Å². The van der Waals surface area contributed by atoms with Crippen LogP contribution >= 0.6 is 11.6 Å². The summed E-state index contributed by atoms with van der Waals surface area (Å²) in [5.41, 5.74) is -0.561. The van der Waals surface area contributed by atoms with Crippen LogP contribution in [0.2, 0.25) is 5.15 Å². The topological polar surface area (TPSA) is 68.7 Å². The zero-order chi connectivity index (χ0) is 17.7. The molecule has 0 N–H and O–H groups in total. The number of hydrogen-bond donors (Lipinski definition) is 0. The Morgan fingerprint density at radius 3 is 2.50 bits per heavy atom. The Kier molecular flexibility index (Phi) is 6.04. The minimum atomic E-state index is -0.940. The number of carbonyl (C=O) groups is 2. The number of rotatable bonds is 3. The van der Waals surface area contributed by atoms with Gasteiger partial charge < -0.3 is 14.4 Å². The van der Waals surface area contributed by atoms with Gasteiger partial charge in [-0.15, -0.1) is 0 Å². The summed E-state index contributed by atoms with van der Waals surface area (Å²) < 4.78 is 10.8. The lowest BCUT2D eigenvalue weighted by Gasteiger charge is -2.30. The lowest BCUT2D eigenvalue weighted by atomic mass is 9.89. The quantitative estimate of drug-likeness (QED) is 0.470. The van der Waals surface area contributed by atoms with Crippen molar-refractivity contribution >= 4 is 23.7 Å². The van der Waals surface area contributed by atoms with Gasteiger partial charge in [-0.2, -0.15) is 0 Å². The van der Waals surface area contributed by atoms with Crippen LogP contribution in [0.3, 0.4) is 0 Å². The van der Waals surface area contributed by atoms with Crippen molar-refractivity contribution in [2.24, 2.45) is 5.41 Å². The molecule has 0 spiro atoms. The third-order valence-electron chi connectivity index (χ3n) is 3.75. The van der Waals surface area contributed by atoms with Gasteiger partial charge in [0, 0.05) is 30.8 Å². The average molecular weight is 355 g/mol. The summed E-state index contributed by atoms with van der Waals surface area (Å²) in [5, 5.41) is 0.262. The second kappa shape index (κ2) is 7.83. The summed E-state index contributed by atoms with van der Waals surface area (Å²) in [5.74, 6) is -0.302. The second-order valence-electron chi connectivity index (χ2n) is 6.91. The fourth-order valence-corrected chi connectivity index (χ4v) is 2.62. The highest BCUT2D eigenvalue weighted by atomic mass is 35.5. The number of esters is 1. The van der Waals surface area contributed by atoms with E-state index in [1.807, 2.05) is 20.8 Å². The van der Waals surface area contributed by atoms with Gasteiger partial charge in [0.2, 0.25) is 6.10 Å². The van der Waals surface area contributed by atoms with Crippen LogP contribution in [-0.2, 0) is 9.53 Å². The molecule has 1 saturated heterocycles. The zero-order valence-electron chi connectivity index (χ0n) is 14.3. The van der Waals surface area contributed by atoms with Crippen molar-refractivity contribution in [1.82, 2.24) is 9.88 Å². The first-order valence-electron chi connectivity index (χ1n) is 8.06. The molecule has 132 valence electrons. The fraction of sp³-hybridized carbons (Fsp3) is 0.588. The first-order valence-corrected chi connectivity index (χ1v) is 8.44. The normalized spacial score (nSPS) is 16.4. The van der Waals surface area contributed by atoms with Crippen molar-refractivity contribution in [2.75, 3.05) is 13.1 Å². The van der Waals surface area contributed by atoms with Crippen LogP contribution in [0.5, 0.6) is 5.75 Å². The summed E-state index contributed by atoms with van der Waals surface area (Å²) in [7, 11) is 0. The van der Waals surface area contributed by atoms with Crippen LogP contribution in [0.1, 0.15) is 40.0 Å². The number of ether oxygens (including phenoxy) is 2. The van der Waals surface area contributed by atoms with Gasteiger partial charge in [-0.25, -0.2) is 14.6 Å². The smallest absolute Gasteiger partial charge is 0.417 e. The standard InChI is InChI=1S/C17H23ClN2O4/c1-17(2,3)14(23-12-7-8-19-13(18)11-12)15(21)24-16(22)20-9-5-4-6-10-20/h7-8,11,14H,4-6,9-10H2,1-3H3. The first-order chi connectivity index (χ1) is 11.3. The van der Waals surface area contributed by atoms with Crippen LogP contribution in [0.4, 0.5) is 4.79 Å². The van der Waals surface area contributed by atoms with Gasteiger partial charge in [-0.1, -0.05) is 32.4 Å². The molecule has 1 aromatic heterocycles. The van der Waals surface area contributed by atoms with E-state index in [0.717, 1.165) is 19.3 Å². The van der Waals surface area contributed by atoms with E-state index < -0.39 is 23.6 Å². The number of amides is 1. The molecule has 0 bridgehead atoms. The summed E-state index contributed by atoms with van der Waals surface area (Å²) in [6.45, 7) is 6.76. The maximum atomic E-state index is 12.5. The third kappa shape index (κ3) is 5.09. The molecular formula is C17H23ClN2O4. The van der Waals surface area contributed by atoms with Crippen molar-refractivity contribution < 1.29 is 19.1 Å². The van der Waals surface area contributed by atoms with Gasteiger partial charge in [-0.05, 0) is 25.3 Å². The van der Waals surface area contributed by atoms with Gasteiger partial charge in [0.05, 0.1) is 0 Å². The highest BCUT2D eigenvalue weighted by molar-refractivity contribution is 6.29. The summed E-state index contributed by atoms with van der Waals surface area (Å²) >= 11 is 5.84. The molecule has 1 unspecified atom stereocenters. The van der Waals surface area contributed by atoms with E-state index in [9.17, 15) is 9.59 Å². The highest BCUT2D eigenvalue weighted by Crippen LogP contribution is 2.27. The van der Waals surface area contributed by atoms with E-state index in [0.29, 0.717) is 18.8 Å². The molecule has 0 aromatic carbocycles. The minimum Gasteiger partial charge on any atom is -0.478 e. The van der Waals surface area contributed by atoms with E-state index in [2.05, 4.69) is 4.98 Å². The van der Waals surface area contributed by atoms with E-state index >= 15 is 0 Å². The molecule has 0 aliphatic carbocycles. The van der Waals surface area contributed by atoms with Gasteiger partial charge in [0.1, 0.15) is 10.9 Å². The summed E-state index contributed by atoms with van der Waals surface area (Å²) in [6, 6.07) is 3.12. The van der Waals surface area contributed by atoms with E-state index in [1.54, 1.807) is 11.0 Å². The van der Waals surface area contributed by atoms with Gasteiger partial charge in [0.15, 0.2) is 0 Å². The third-order valence-corrected chi connectivity index (χ3v) is 3.96. The Bertz CT molecular complexity index is 594. The number of carbonyl (C=O) groups excluding carboxylic acids is 2. The Morgan fingerprint density at radius 1 is 1.25 bits per heavy atom. The average Bonchev–Trinajstić information content (AvgIpc) is 2.52. The van der Waals surface area contributed by atoms with Crippen LogP contribution in [0.25, 0.3) is 0 Å². The molecule has 1 fully saturated rings. The number of halogens is 1. The van der Waals surface area contributed by atoms with Crippen LogP contribution in [0, 0.1) is 5.41 Å². The number of nitrogens with zero attached hydrogens (tertiary/aromatic N) is 2. The first kappa shape index (κ1) is 18.5. The Balaban J connectivity index is 2.06. The summed E-state index contributed by atoms with van der Waals surface area (Å²) in [4.78, 5) is 30.1. The Labute approximate surface area is 147 Å². The van der Waals surface area contributed by atoms with Crippen molar-refractivity contribution in [1.29, 1.82) is 0 Å². The number of piperidine rings is 1. The molecule has 1 amide bonds. The maximum absolute atomic E-state index is 12.5. The van der Waals surface area contributed by atoms with E-state index in [1.165, 1.54) is 12.3 Å². The van der Waals surface area contributed by atoms with Crippen LogP contribution in [-0.4, -0.2) is 41.1 Å². The lowest BCUT2D eigenvalue weighted by molar-refractivity contribution is -0.151. The van der Waals surface area contributed by atoms with Gasteiger partial charge in [0.25, 0.3) is 0 Å². The number of hydrogen-bond acceptors (Lipinski definition) is 5. The monoisotopic (exact) mass is 354 g/mol. The SMILES string of the molecule is CC(C)(C)C(Oc1ccnc(Cl)c1)C(=O)OC(=O)N1CCCCC1. The Hall–Kier alpha value is -1.82. The molecule has 0 radical (unpaired) electrons. The molecule has 1 atom stereocenters. The lowest BCUT2D eigenvalue weighted by Crippen LogP contribution is -2.44. The molecule has 24 heavy (non-hydrogen) atoms. The van der Waals surface area contributed by atoms with Crippen molar-refractivity contribution in [3.8, 4) is 5.75 Å². The largest absolute Gasteiger partial charge is 0.478 e. The number of pyridine rings is 1. The van der Waals surface area contributed by atoms with Crippen molar-refractivity contribution in [3.63, 3.8) is 0 Å². The molecule has 1 aliphatic heterocycles. The van der Waals surface area contributed by atoms with E-state index in [-0.39, 0.29) is 5.15 Å². The predicted octanol–water partition coefficient (Wildman–Crippen LogP) is 3.68. The van der Waals surface area contributed by atoms with Crippen LogP contribution < -0.4 is 4.74 Å². The molecule has 1 aliphatic rings. The Morgan fingerprint density at radius 2 is 1.92 bits per heavy atom. The highest BCUT2D eigenvalue weighted by Gasteiger charge is 2.37. The molecule has 2 heterocycles. The van der Waals surface area contributed by atoms with Crippen molar-refractivity contribution in [2.45, 2.75) is 46.1 Å². The summed E-state index contributed by atoms with van der Waals surface area (Å²) in [6.07, 6.45) is 2.89. The molecule has 0 saturated carbocycles. The second-order valence-corrected chi connectivity index (χ2v) is 7.30. The number of aromatic nitrogens is 1.